The Labute approximate surface area is 93.5 Å². The summed E-state index contributed by atoms with van der Waals surface area (Å²) < 4.78 is 36.2. The maximum absolute atomic E-state index is 12.1. The van der Waals surface area contributed by atoms with E-state index in [9.17, 15) is 13.2 Å². The Kier molecular flexibility index (Phi) is 3.97. The zero-order valence-corrected chi connectivity index (χ0v) is 9.43. The largest absolute Gasteiger partial charge is 0.389 e. The molecule has 2 N–H and O–H groups in total. The molecule has 0 bridgehead atoms. The second-order valence-electron chi connectivity index (χ2n) is 4.12. The van der Waals surface area contributed by atoms with Gasteiger partial charge in [0.05, 0.1) is 0 Å². The minimum Gasteiger partial charge on any atom is -0.324 e. The Hall–Kier alpha value is -1.03. The monoisotopic (exact) mass is 231 g/mol. The fourth-order valence-corrected chi connectivity index (χ4v) is 1.63. The Morgan fingerprint density at radius 2 is 1.88 bits per heavy atom. The molecule has 90 valence electrons. The van der Waals surface area contributed by atoms with Crippen molar-refractivity contribution in [1.29, 1.82) is 0 Å². The lowest BCUT2D eigenvalue weighted by atomic mass is 9.96. The maximum atomic E-state index is 12.1. The molecule has 1 aromatic carbocycles. The van der Waals surface area contributed by atoms with Gasteiger partial charge in [-0.2, -0.15) is 13.2 Å². The van der Waals surface area contributed by atoms with Gasteiger partial charge in [0.2, 0.25) is 0 Å². The second-order valence-corrected chi connectivity index (χ2v) is 4.12. The Balaban J connectivity index is 2.73. The van der Waals surface area contributed by atoms with Crippen LogP contribution in [0.4, 0.5) is 13.2 Å². The molecular formula is C12H16F3N. The molecule has 0 unspecified atom stereocenters. The zero-order chi connectivity index (χ0) is 12.3. The van der Waals surface area contributed by atoms with E-state index in [1.165, 1.54) is 0 Å². The smallest absolute Gasteiger partial charge is 0.324 e. The third-order valence-corrected chi connectivity index (χ3v) is 2.57. The SMILES string of the molecule is Cc1ccc(C)c([C@H](N)CCC(F)(F)F)c1. The number of rotatable bonds is 3. The molecule has 0 aromatic heterocycles. The zero-order valence-electron chi connectivity index (χ0n) is 9.43. The number of aryl methyl sites for hydroxylation is 2. The number of hydrogen-bond acceptors (Lipinski definition) is 1. The van der Waals surface area contributed by atoms with E-state index in [-0.39, 0.29) is 6.42 Å². The molecule has 4 heteroatoms. The number of halogens is 3. The van der Waals surface area contributed by atoms with E-state index in [0.717, 1.165) is 16.7 Å². The molecule has 0 saturated carbocycles. The summed E-state index contributed by atoms with van der Waals surface area (Å²) in [5.74, 6) is 0. The van der Waals surface area contributed by atoms with Crippen LogP contribution in [-0.2, 0) is 0 Å². The molecule has 0 radical (unpaired) electrons. The van der Waals surface area contributed by atoms with E-state index >= 15 is 0 Å². The van der Waals surface area contributed by atoms with Gasteiger partial charge < -0.3 is 5.73 Å². The highest BCUT2D eigenvalue weighted by Crippen LogP contribution is 2.27. The highest BCUT2D eigenvalue weighted by molar-refractivity contribution is 5.32. The summed E-state index contributed by atoms with van der Waals surface area (Å²) in [6.45, 7) is 3.77. The van der Waals surface area contributed by atoms with Crippen molar-refractivity contribution >= 4 is 0 Å². The lowest BCUT2D eigenvalue weighted by Crippen LogP contribution is -2.16. The molecule has 0 heterocycles. The van der Waals surface area contributed by atoms with E-state index in [1.54, 1.807) is 0 Å². The molecule has 0 fully saturated rings. The lowest BCUT2D eigenvalue weighted by Gasteiger charge is -2.16. The summed E-state index contributed by atoms with van der Waals surface area (Å²) in [5.41, 5.74) is 8.54. The molecule has 1 nitrogen and oxygen atoms in total. The summed E-state index contributed by atoms with van der Waals surface area (Å²) in [5, 5.41) is 0. The molecule has 0 aliphatic rings. The van der Waals surface area contributed by atoms with Crippen LogP contribution in [0, 0.1) is 13.8 Å². The van der Waals surface area contributed by atoms with Crippen molar-refractivity contribution in [2.24, 2.45) is 5.73 Å². The van der Waals surface area contributed by atoms with Crippen molar-refractivity contribution in [3.63, 3.8) is 0 Å². The fraction of sp³-hybridized carbons (Fsp3) is 0.500. The first kappa shape index (κ1) is 13.0. The second kappa shape index (κ2) is 4.87. The quantitative estimate of drug-likeness (QED) is 0.844. The number of benzene rings is 1. The summed E-state index contributed by atoms with van der Waals surface area (Å²) in [6, 6.07) is 5.13. The van der Waals surface area contributed by atoms with Gasteiger partial charge in [-0.3, -0.25) is 0 Å². The van der Waals surface area contributed by atoms with Gasteiger partial charge in [0.25, 0.3) is 0 Å². The number of nitrogens with two attached hydrogens (primary N) is 1. The van der Waals surface area contributed by atoms with Gasteiger partial charge in [-0.1, -0.05) is 23.8 Å². The van der Waals surface area contributed by atoms with Crippen LogP contribution in [0.15, 0.2) is 18.2 Å². The summed E-state index contributed by atoms with van der Waals surface area (Å²) >= 11 is 0. The summed E-state index contributed by atoms with van der Waals surface area (Å²) in [4.78, 5) is 0. The minimum absolute atomic E-state index is 0.0617. The average molecular weight is 231 g/mol. The van der Waals surface area contributed by atoms with Crippen molar-refractivity contribution in [3.05, 3.63) is 34.9 Å². The highest BCUT2D eigenvalue weighted by Gasteiger charge is 2.28. The molecule has 0 aliphatic carbocycles. The Bertz CT molecular complexity index is 358. The van der Waals surface area contributed by atoms with Crippen molar-refractivity contribution < 1.29 is 13.2 Å². The highest BCUT2D eigenvalue weighted by atomic mass is 19.4. The van der Waals surface area contributed by atoms with Crippen LogP contribution in [0.3, 0.4) is 0 Å². The predicted octanol–water partition coefficient (Wildman–Crippen LogP) is 3.65. The van der Waals surface area contributed by atoms with Crippen LogP contribution in [0.1, 0.15) is 35.6 Å². The van der Waals surface area contributed by atoms with Gasteiger partial charge in [0.1, 0.15) is 0 Å². The van der Waals surface area contributed by atoms with Crippen LogP contribution >= 0.6 is 0 Å². The van der Waals surface area contributed by atoms with Crippen LogP contribution in [0.2, 0.25) is 0 Å². The lowest BCUT2D eigenvalue weighted by molar-refractivity contribution is -0.136. The van der Waals surface area contributed by atoms with E-state index < -0.39 is 18.6 Å². The van der Waals surface area contributed by atoms with Crippen LogP contribution in [0.25, 0.3) is 0 Å². The molecule has 0 aliphatic heterocycles. The van der Waals surface area contributed by atoms with E-state index in [2.05, 4.69) is 0 Å². The maximum Gasteiger partial charge on any atom is 0.389 e. The van der Waals surface area contributed by atoms with Crippen molar-refractivity contribution in [1.82, 2.24) is 0 Å². The third-order valence-electron chi connectivity index (χ3n) is 2.57. The molecule has 1 aromatic rings. The van der Waals surface area contributed by atoms with Gasteiger partial charge in [-0.25, -0.2) is 0 Å². The normalized spacial score (nSPS) is 13.9. The molecule has 16 heavy (non-hydrogen) atoms. The Morgan fingerprint density at radius 1 is 1.25 bits per heavy atom. The van der Waals surface area contributed by atoms with E-state index in [4.69, 9.17) is 5.73 Å². The van der Waals surface area contributed by atoms with E-state index in [1.807, 2.05) is 32.0 Å². The van der Waals surface area contributed by atoms with Crippen LogP contribution in [0.5, 0.6) is 0 Å². The van der Waals surface area contributed by atoms with Crippen molar-refractivity contribution in [2.45, 2.75) is 38.9 Å². The summed E-state index contributed by atoms with van der Waals surface area (Å²) in [6.07, 6.45) is -5.02. The van der Waals surface area contributed by atoms with Crippen LogP contribution in [-0.4, -0.2) is 6.18 Å². The molecule has 0 saturated heterocycles. The van der Waals surface area contributed by atoms with Crippen molar-refractivity contribution in [2.75, 3.05) is 0 Å². The topological polar surface area (TPSA) is 26.0 Å². The first-order valence-electron chi connectivity index (χ1n) is 5.19. The van der Waals surface area contributed by atoms with Gasteiger partial charge >= 0.3 is 6.18 Å². The fourth-order valence-electron chi connectivity index (χ4n) is 1.63. The first-order chi connectivity index (χ1) is 7.29. The van der Waals surface area contributed by atoms with Gasteiger partial charge in [-0.15, -0.1) is 0 Å². The first-order valence-corrected chi connectivity index (χ1v) is 5.19. The van der Waals surface area contributed by atoms with Crippen LogP contribution < -0.4 is 5.73 Å². The summed E-state index contributed by atoms with van der Waals surface area (Å²) in [7, 11) is 0. The molecule has 0 spiro atoms. The molecule has 1 rings (SSSR count). The number of hydrogen-bond donors (Lipinski definition) is 1. The standard InChI is InChI=1S/C12H16F3N/c1-8-3-4-9(2)10(7-8)11(16)5-6-12(13,14)15/h3-4,7,11H,5-6,16H2,1-2H3/t11-/m1/s1. The van der Waals surface area contributed by atoms with Gasteiger partial charge in [-0.05, 0) is 31.4 Å². The van der Waals surface area contributed by atoms with E-state index in [0.29, 0.717) is 0 Å². The Morgan fingerprint density at radius 3 is 2.44 bits per heavy atom. The van der Waals surface area contributed by atoms with Gasteiger partial charge in [0.15, 0.2) is 0 Å². The third kappa shape index (κ3) is 3.85. The average Bonchev–Trinajstić information content (AvgIpc) is 2.17. The molecular weight excluding hydrogens is 215 g/mol. The minimum atomic E-state index is -4.13. The number of alkyl halides is 3. The predicted molar refractivity (Wildman–Crippen MR) is 58.1 cm³/mol. The van der Waals surface area contributed by atoms with Crippen molar-refractivity contribution in [3.8, 4) is 0 Å². The van der Waals surface area contributed by atoms with Gasteiger partial charge in [0, 0.05) is 12.5 Å². The molecule has 0 amide bonds. The molecule has 1 atom stereocenters.